The summed E-state index contributed by atoms with van der Waals surface area (Å²) >= 11 is 0. The van der Waals surface area contributed by atoms with Gasteiger partial charge in [0, 0.05) is 47.0 Å². The van der Waals surface area contributed by atoms with Gasteiger partial charge in [0.15, 0.2) is 0 Å². The van der Waals surface area contributed by atoms with E-state index >= 15 is 0 Å². The molecule has 0 aromatic carbocycles. The van der Waals surface area contributed by atoms with Crippen LogP contribution in [0.1, 0.15) is 39.5 Å². The number of hydroxylamine groups is 2. The standard InChI is InChI=1S/C14H17N2O4S2/c1-14(2,22-21-10-4-3-9-15-10)8-7-13(19)20-16-11(17)5-6-12(16)18/h3-4,9H,5-8H2,1-2H3/q+1. The smallest absolute Gasteiger partial charge is 0.330 e. The zero-order valence-corrected chi connectivity index (χ0v) is 14.0. The number of hydrogen-bond acceptors (Lipinski definition) is 6. The maximum Gasteiger partial charge on any atom is 0.371 e. The summed E-state index contributed by atoms with van der Waals surface area (Å²) in [6.45, 7) is 4.04. The van der Waals surface area contributed by atoms with Crippen LogP contribution in [0.25, 0.3) is 0 Å². The van der Waals surface area contributed by atoms with E-state index in [1.165, 1.54) is 0 Å². The predicted octanol–water partition coefficient (Wildman–Crippen LogP) is 1.64. The highest BCUT2D eigenvalue weighted by molar-refractivity contribution is 8.82. The van der Waals surface area contributed by atoms with E-state index in [1.54, 1.807) is 27.8 Å². The van der Waals surface area contributed by atoms with Gasteiger partial charge >= 0.3 is 11.0 Å². The molecule has 0 saturated carbocycles. The van der Waals surface area contributed by atoms with E-state index in [1.807, 2.05) is 26.0 Å². The van der Waals surface area contributed by atoms with Crippen molar-refractivity contribution >= 4 is 50.6 Å². The van der Waals surface area contributed by atoms with Crippen molar-refractivity contribution in [3.63, 3.8) is 0 Å². The van der Waals surface area contributed by atoms with Crippen LogP contribution in [-0.2, 0) is 19.2 Å². The van der Waals surface area contributed by atoms with Crippen LogP contribution in [0.3, 0.4) is 0 Å². The Hall–Kier alpha value is -1.50. The topological polar surface area (TPSA) is 77.8 Å². The maximum atomic E-state index is 11.8. The van der Waals surface area contributed by atoms with Gasteiger partial charge in [0.2, 0.25) is 0 Å². The van der Waals surface area contributed by atoms with Crippen LogP contribution in [0.15, 0.2) is 12.2 Å². The zero-order chi connectivity index (χ0) is 16.2. The first-order valence-electron chi connectivity index (χ1n) is 6.87. The number of amides is 2. The molecule has 2 heterocycles. The predicted molar refractivity (Wildman–Crippen MR) is 88.0 cm³/mol. The Balaban J connectivity index is 1.74. The summed E-state index contributed by atoms with van der Waals surface area (Å²) in [6.07, 6.45) is 6.46. The SMILES string of the molecule is CC(C)(CCC(=O)ON1C(=O)CCC1=O)SSC1=[N+]=CC=C1. The first-order chi connectivity index (χ1) is 10.4. The monoisotopic (exact) mass is 341 g/mol. The van der Waals surface area contributed by atoms with E-state index in [0.29, 0.717) is 11.5 Å². The molecule has 6 nitrogen and oxygen atoms in total. The molecule has 8 heteroatoms. The lowest BCUT2D eigenvalue weighted by molar-refractivity contribution is -0.197. The Kier molecular flexibility index (Phi) is 5.50. The molecular weight excluding hydrogens is 324 g/mol. The third kappa shape index (κ3) is 4.76. The van der Waals surface area contributed by atoms with E-state index in [0.717, 1.165) is 5.04 Å². The minimum absolute atomic E-state index is 0.108. The van der Waals surface area contributed by atoms with Gasteiger partial charge in [-0.05, 0) is 20.3 Å². The number of carbonyl (C=O) groups excluding carboxylic acids is 3. The lowest BCUT2D eigenvalue weighted by atomic mass is 10.1. The molecule has 2 aliphatic heterocycles. The zero-order valence-electron chi connectivity index (χ0n) is 12.4. The minimum atomic E-state index is -0.561. The first-order valence-corrected chi connectivity index (χ1v) is 9.02. The molecule has 0 aromatic heterocycles. The summed E-state index contributed by atoms with van der Waals surface area (Å²) < 4.78 is 4.00. The van der Waals surface area contributed by atoms with E-state index in [4.69, 9.17) is 4.84 Å². The largest absolute Gasteiger partial charge is 0.371 e. The fourth-order valence-electron chi connectivity index (χ4n) is 1.74. The van der Waals surface area contributed by atoms with E-state index in [-0.39, 0.29) is 24.0 Å². The van der Waals surface area contributed by atoms with Gasteiger partial charge in [-0.3, -0.25) is 9.59 Å². The molecule has 2 amide bonds. The Morgan fingerprint density at radius 2 is 2.05 bits per heavy atom. The third-order valence-corrected chi connectivity index (χ3v) is 6.28. The average molecular weight is 341 g/mol. The highest BCUT2D eigenvalue weighted by Gasteiger charge is 2.33. The third-order valence-electron chi connectivity index (χ3n) is 3.01. The van der Waals surface area contributed by atoms with Crippen molar-refractivity contribution < 1.29 is 19.2 Å². The van der Waals surface area contributed by atoms with Gasteiger partial charge in [-0.15, -0.1) is 5.06 Å². The van der Waals surface area contributed by atoms with Crippen molar-refractivity contribution in [1.29, 1.82) is 0 Å². The Morgan fingerprint density at radius 3 is 2.64 bits per heavy atom. The summed E-state index contributed by atoms with van der Waals surface area (Å²) in [5, 5.41) is 1.51. The molecule has 0 bridgehead atoms. The Labute approximate surface area is 136 Å². The van der Waals surface area contributed by atoms with Crippen LogP contribution in [-0.4, -0.2) is 38.9 Å². The average Bonchev–Trinajstić information content (AvgIpc) is 3.09. The van der Waals surface area contributed by atoms with E-state index in [2.05, 4.69) is 4.67 Å². The molecule has 118 valence electrons. The second kappa shape index (κ2) is 7.17. The van der Waals surface area contributed by atoms with Crippen LogP contribution in [0.5, 0.6) is 0 Å². The number of hydrogen-bond donors (Lipinski definition) is 0. The van der Waals surface area contributed by atoms with Crippen LogP contribution in [0.2, 0.25) is 0 Å². The number of allylic oxidation sites excluding steroid dienone is 1. The van der Waals surface area contributed by atoms with Crippen molar-refractivity contribution in [2.75, 3.05) is 0 Å². The fourth-order valence-corrected chi connectivity index (χ4v) is 3.95. The molecule has 0 aromatic rings. The summed E-state index contributed by atoms with van der Waals surface area (Å²) in [5.74, 6) is -1.47. The van der Waals surface area contributed by atoms with Crippen molar-refractivity contribution in [2.45, 2.75) is 44.3 Å². The molecule has 1 saturated heterocycles. The number of rotatable bonds is 6. The van der Waals surface area contributed by atoms with Gasteiger partial charge in [-0.25, -0.2) is 4.79 Å². The van der Waals surface area contributed by atoms with Crippen molar-refractivity contribution in [2.24, 2.45) is 0 Å². The van der Waals surface area contributed by atoms with Crippen LogP contribution >= 0.6 is 21.6 Å². The second-order valence-electron chi connectivity index (χ2n) is 5.45. The van der Waals surface area contributed by atoms with Crippen molar-refractivity contribution in [3.05, 3.63) is 12.2 Å². The fraction of sp³-hybridized carbons (Fsp3) is 0.500. The summed E-state index contributed by atoms with van der Waals surface area (Å²) in [5.41, 5.74) is 0. The number of imide groups is 1. The highest BCUT2D eigenvalue weighted by atomic mass is 33.1. The molecule has 0 aliphatic carbocycles. The van der Waals surface area contributed by atoms with Crippen LogP contribution < -0.4 is 4.67 Å². The quantitative estimate of drug-likeness (QED) is 0.415. The normalized spacial score (nSPS) is 17.4. The second-order valence-corrected chi connectivity index (χ2v) is 8.30. The molecule has 0 spiro atoms. The van der Waals surface area contributed by atoms with Crippen molar-refractivity contribution in [1.82, 2.24) is 9.73 Å². The summed E-state index contributed by atoms with van der Waals surface area (Å²) in [7, 11) is 3.18. The molecule has 2 aliphatic rings. The van der Waals surface area contributed by atoms with E-state index in [9.17, 15) is 14.4 Å². The molecule has 2 rings (SSSR count). The summed E-state index contributed by atoms with van der Waals surface area (Å²) in [4.78, 5) is 39.4. The van der Waals surface area contributed by atoms with Crippen LogP contribution in [0.4, 0.5) is 0 Å². The van der Waals surface area contributed by atoms with E-state index < -0.39 is 17.8 Å². The van der Waals surface area contributed by atoms with Gasteiger partial charge in [-0.1, -0.05) is 15.5 Å². The lowest BCUT2D eigenvalue weighted by Gasteiger charge is -2.21. The molecule has 0 atom stereocenters. The van der Waals surface area contributed by atoms with Gasteiger partial charge in [0.05, 0.1) is 0 Å². The van der Waals surface area contributed by atoms with Gasteiger partial charge in [-0.2, -0.15) is 0 Å². The molecule has 0 N–H and O–H groups in total. The van der Waals surface area contributed by atoms with Gasteiger partial charge in [0.25, 0.3) is 18.0 Å². The Morgan fingerprint density at radius 1 is 1.36 bits per heavy atom. The van der Waals surface area contributed by atoms with Gasteiger partial charge < -0.3 is 4.84 Å². The van der Waals surface area contributed by atoms with Crippen LogP contribution in [0, 0.1) is 0 Å². The number of nitrogens with zero attached hydrogens (tertiary/aromatic N) is 2. The molecule has 22 heavy (non-hydrogen) atoms. The highest BCUT2D eigenvalue weighted by Crippen LogP contribution is 2.39. The summed E-state index contributed by atoms with van der Waals surface area (Å²) in [6, 6.07) is 0. The van der Waals surface area contributed by atoms with Crippen molar-refractivity contribution in [3.8, 4) is 0 Å². The molecule has 0 unspecified atom stereocenters. The molecule has 0 radical (unpaired) electrons. The minimum Gasteiger partial charge on any atom is -0.330 e. The lowest BCUT2D eigenvalue weighted by Crippen LogP contribution is -2.32. The Bertz CT molecular complexity index is 576. The first kappa shape index (κ1) is 16.9. The molecular formula is C14H17N2O4S2+. The maximum absolute atomic E-state index is 11.8. The number of carbonyl (C=O) groups is 3. The van der Waals surface area contributed by atoms with Gasteiger partial charge in [0.1, 0.15) is 0 Å². The molecule has 1 fully saturated rings.